The van der Waals surface area contributed by atoms with Crippen LogP contribution in [0.5, 0.6) is 5.75 Å². The van der Waals surface area contributed by atoms with Gasteiger partial charge in [0.2, 0.25) is 5.16 Å². The van der Waals surface area contributed by atoms with Gasteiger partial charge in [0, 0.05) is 15.9 Å². The van der Waals surface area contributed by atoms with E-state index >= 15 is 0 Å². The van der Waals surface area contributed by atoms with E-state index in [9.17, 15) is 9.90 Å². The third-order valence-electron chi connectivity index (χ3n) is 5.17. The van der Waals surface area contributed by atoms with Gasteiger partial charge in [-0.2, -0.15) is 0 Å². The Morgan fingerprint density at radius 2 is 1.81 bits per heavy atom. The van der Waals surface area contributed by atoms with Crippen LogP contribution in [-0.2, 0) is 5.75 Å². The van der Waals surface area contributed by atoms with Crippen LogP contribution in [0.15, 0.2) is 76.7 Å². The Bertz CT molecular complexity index is 1380. The third-order valence-corrected chi connectivity index (χ3v) is 6.77. The van der Waals surface area contributed by atoms with Gasteiger partial charge in [-0.15, -0.1) is 0 Å². The van der Waals surface area contributed by atoms with Crippen LogP contribution in [0.1, 0.15) is 17.3 Å². The van der Waals surface area contributed by atoms with Crippen LogP contribution in [-0.4, -0.2) is 15.2 Å². The molecule has 0 saturated heterocycles. The summed E-state index contributed by atoms with van der Waals surface area (Å²) in [5.74, 6) is 0.579. The van der Waals surface area contributed by atoms with E-state index in [0.29, 0.717) is 27.2 Å². The van der Waals surface area contributed by atoms with Crippen LogP contribution in [0.3, 0.4) is 0 Å². The standard InChI is InChI=1S/C23H16Cl2N4O2S/c24-14-10-8-13(9-11-14)12-32-23-27-22(31)20-15-4-1-2-6-17(15)26-21(29(20)28-23)16-5-3-7-18(30)19(16)25/h1-11,21H,12H2,(H2,27,28,30,31)/p+1/t21-/m1/s1. The van der Waals surface area contributed by atoms with Crippen molar-refractivity contribution in [2.45, 2.75) is 17.1 Å². The Labute approximate surface area is 197 Å². The molecule has 1 atom stereocenters. The van der Waals surface area contributed by atoms with Gasteiger partial charge in [-0.3, -0.25) is 9.78 Å². The molecule has 5 rings (SSSR count). The minimum absolute atomic E-state index is 0.0332. The molecule has 0 unspecified atom stereocenters. The fraction of sp³-hybridized carbons (Fsp3) is 0.0870. The van der Waals surface area contributed by atoms with E-state index in [-0.39, 0.29) is 16.3 Å². The molecular formula is C23H17Cl2N4O2S+. The highest BCUT2D eigenvalue weighted by Crippen LogP contribution is 2.36. The quantitative estimate of drug-likeness (QED) is 0.281. The molecule has 0 bridgehead atoms. The topological polar surface area (TPSA) is 81.9 Å². The average Bonchev–Trinajstić information content (AvgIpc) is 2.80. The van der Waals surface area contributed by atoms with Crippen molar-refractivity contribution < 1.29 is 9.79 Å². The molecule has 1 aromatic heterocycles. The maximum absolute atomic E-state index is 13.2. The second kappa shape index (κ2) is 8.50. The number of aromatic nitrogens is 3. The van der Waals surface area contributed by atoms with Gasteiger partial charge in [0.15, 0.2) is 0 Å². The maximum Gasteiger partial charge on any atom is 0.325 e. The Morgan fingerprint density at radius 3 is 2.62 bits per heavy atom. The number of nitrogens with zero attached hydrogens (tertiary/aromatic N) is 2. The number of aromatic hydroxyl groups is 1. The molecule has 6 nitrogen and oxygen atoms in total. The molecule has 0 radical (unpaired) electrons. The first-order valence-corrected chi connectivity index (χ1v) is 11.5. The zero-order chi connectivity index (χ0) is 22.2. The molecule has 0 spiro atoms. The Balaban J connectivity index is 1.60. The molecular weight excluding hydrogens is 467 g/mol. The van der Waals surface area contributed by atoms with Crippen LogP contribution in [0.25, 0.3) is 11.3 Å². The molecule has 0 saturated carbocycles. The lowest BCUT2D eigenvalue weighted by Gasteiger charge is -2.23. The Morgan fingerprint density at radius 1 is 1.03 bits per heavy atom. The number of nitrogens with one attached hydrogen (secondary N) is 2. The molecule has 9 heteroatoms. The summed E-state index contributed by atoms with van der Waals surface area (Å²) in [6.45, 7) is 0. The van der Waals surface area contributed by atoms with Gasteiger partial charge in [0.1, 0.15) is 5.75 Å². The number of para-hydroxylation sites is 1. The summed E-state index contributed by atoms with van der Waals surface area (Å²) in [6, 6.07) is 20.1. The number of thioether (sulfide) groups is 1. The monoisotopic (exact) mass is 483 g/mol. The van der Waals surface area contributed by atoms with Crippen molar-refractivity contribution >= 4 is 40.7 Å². The Kier molecular flexibility index (Phi) is 5.55. The summed E-state index contributed by atoms with van der Waals surface area (Å²) in [5.41, 5.74) is 3.35. The van der Waals surface area contributed by atoms with Crippen LogP contribution in [0.2, 0.25) is 10.0 Å². The predicted octanol–water partition coefficient (Wildman–Crippen LogP) is 5.00. The lowest BCUT2D eigenvalue weighted by atomic mass is 10.0. The minimum atomic E-state index is -0.573. The molecule has 0 amide bonds. The van der Waals surface area contributed by atoms with Gasteiger partial charge in [-0.1, -0.05) is 65.3 Å². The van der Waals surface area contributed by atoms with Crippen LogP contribution >= 0.6 is 35.0 Å². The summed E-state index contributed by atoms with van der Waals surface area (Å²) in [7, 11) is 0. The number of benzene rings is 3. The highest BCUT2D eigenvalue weighted by Gasteiger charge is 2.39. The molecule has 0 fully saturated rings. The first kappa shape index (κ1) is 20.9. The largest absolute Gasteiger partial charge is 0.506 e. The van der Waals surface area contributed by atoms with Gasteiger partial charge < -0.3 is 10.4 Å². The van der Waals surface area contributed by atoms with Crippen LogP contribution in [0, 0.1) is 0 Å². The van der Waals surface area contributed by atoms with Crippen LogP contribution in [0.4, 0.5) is 5.69 Å². The van der Waals surface area contributed by atoms with Crippen molar-refractivity contribution in [3.05, 3.63) is 98.3 Å². The molecule has 32 heavy (non-hydrogen) atoms. The normalized spacial score (nSPS) is 14.4. The molecule has 2 heterocycles. The number of hydrogen-bond donors (Lipinski definition) is 3. The average molecular weight is 484 g/mol. The number of phenols is 1. The van der Waals surface area contributed by atoms with E-state index in [2.05, 4.69) is 10.3 Å². The number of hydrogen-bond acceptors (Lipinski definition) is 5. The summed E-state index contributed by atoms with van der Waals surface area (Å²) in [6.07, 6.45) is -0.573. The lowest BCUT2D eigenvalue weighted by molar-refractivity contribution is -0.759. The van der Waals surface area contributed by atoms with E-state index in [1.807, 2.05) is 48.5 Å². The zero-order valence-corrected chi connectivity index (χ0v) is 18.9. The smallest absolute Gasteiger partial charge is 0.325 e. The second-order valence-corrected chi connectivity index (χ2v) is 9.02. The van der Waals surface area contributed by atoms with Gasteiger partial charge in [-0.05, 0) is 46.6 Å². The first-order valence-electron chi connectivity index (χ1n) is 9.78. The minimum Gasteiger partial charge on any atom is -0.506 e. The van der Waals surface area contributed by atoms with Crippen LogP contribution < -0.4 is 15.6 Å². The van der Waals surface area contributed by atoms with Gasteiger partial charge >= 0.3 is 11.3 Å². The van der Waals surface area contributed by atoms with E-state index in [1.54, 1.807) is 16.8 Å². The van der Waals surface area contributed by atoms with Gasteiger partial charge in [0.25, 0.3) is 6.17 Å². The van der Waals surface area contributed by atoms with Crippen molar-refractivity contribution in [2.24, 2.45) is 0 Å². The predicted molar refractivity (Wildman–Crippen MR) is 126 cm³/mol. The van der Waals surface area contributed by atoms with Crippen molar-refractivity contribution in [3.8, 4) is 17.0 Å². The fourth-order valence-corrected chi connectivity index (χ4v) is 4.81. The van der Waals surface area contributed by atoms with E-state index < -0.39 is 6.17 Å². The fourth-order valence-electron chi connectivity index (χ4n) is 3.64. The molecule has 1 aliphatic rings. The van der Waals surface area contributed by atoms with E-state index in [0.717, 1.165) is 16.8 Å². The first-order chi connectivity index (χ1) is 15.5. The highest BCUT2D eigenvalue weighted by molar-refractivity contribution is 7.98. The molecule has 160 valence electrons. The molecule has 0 aliphatic carbocycles. The van der Waals surface area contributed by atoms with E-state index in [4.69, 9.17) is 28.3 Å². The lowest BCUT2D eigenvalue weighted by Crippen LogP contribution is -2.55. The van der Waals surface area contributed by atoms with Crippen molar-refractivity contribution in [1.29, 1.82) is 0 Å². The SMILES string of the molecule is O=c1[nH]c(SCc2ccc(Cl)cc2)n[n+]2c1-c1ccccc1N[C@H]2c1cccc(O)c1Cl. The third kappa shape index (κ3) is 3.83. The number of phenolic OH excluding ortho intramolecular Hbond substituents is 1. The van der Waals surface area contributed by atoms with Gasteiger partial charge in [0.05, 0.1) is 21.8 Å². The van der Waals surface area contributed by atoms with Crippen molar-refractivity contribution in [2.75, 3.05) is 5.32 Å². The number of rotatable bonds is 4. The Hall–Kier alpha value is -3.00. The molecule has 1 aliphatic heterocycles. The number of halogens is 2. The summed E-state index contributed by atoms with van der Waals surface area (Å²) in [5, 5.41) is 19.6. The summed E-state index contributed by atoms with van der Waals surface area (Å²) >= 11 is 13.8. The zero-order valence-electron chi connectivity index (χ0n) is 16.5. The van der Waals surface area contributed by atoms with E-state index in [1.165, 1.54) is 17.8 Å². The second-order valence-electron chi connectivity index (χ2n) is 7.24. The number of anilines is 1. The number of H-pyrrole nitrogens is 1. The molecule has 3 aromatic carbocycles. The van der Waals surface area contributed by atoms with Crippen molar-refractivity contribution in [3.63, 3.8) is 0 Å². The summed E-state index contributed by atoms with van der Waals surface area (Å²) in [4.78, 5) is 16.1. The number of fused-ring (bicyclic) bond motifs is 3. The molecule has 3 N–H and O–H groups in total. The molecule has 4 aromatic rings. The number of aromatic amines is 1. The maximum atomic E-state index is 13.2. The van der Waals surface area contributed by atoms with Gasteiger partial charge in [-0.25, -0.2) is 0 Å². The summed E-state index contributed by atoms with van der Waals surface area (Å²) < 4.78 is 1.63. The van der Waals surface area contributed by atoms with Crippen molar-refractivity contribution in [1.82, 2.24) is 10.1 Å². The highest BCUT2D eigenvalue weighted by atomic mass is 35.5.